The first-order valence-electron chi connectivity index (χ1n) is 7.38. The molecule has 0 saturated heterocycles. The average molecular weight is 281 g/mol. The molecule has 1 unspecified atom stereocenters. The molecule has 0 spiro atoms. The molecule has 0 aliphatic rings. The van der Waals surface area contributed by atoms with E-state index in [0.717, 1.165) is 18.7 Å². The van der Waals surface area contributed by atoms with Crippen LogP contribution in [0.5, 0.6) is 5.75 Å². The number of ether oxygens (including phenoxy) is 1. The van der Waals surface area contributed by atoms with Crippen molar-refractivity contribution in [2.45, 2.75) is 32.5 Å². The molecule has 2 rings (SSSR count). The Hall–Kier alpha value is -2.06. The summed E-state index contributed by atoms with van der Waals surface area (Å²) < 4.78 is 5.78. The maximum atomic E-state index is 5.78. The van der Waals surface area contributed by atoms with Gasteiger partial charge in [0.2, 0.25) is 0 Å². The molecule has 2 nitrogen and oxygen atoms in total. The summed E-state index contributed by atoms with van der Waals surface area (Å²) in [5.41, 5.74) is 2.44. The molecule has 2 aromatic rings. The zero-order valence-electron chi connectivity index (χ0n) is 12.6. The molecule has 0 radical (unpaired) electrons. The highest BCUT2D eigenvalue weighted by Crippen LogP contribution is 2.14. The lowest BCUT2D eigenvalue weighted by Crippen LogP contribution is -2.24. The minimum atomic E-state index is 0.455. The summed E-state index contributed by atoms with van der Waals surface area (Å²) >= 11 is 0. The lowest BCUT2D eigenvalue weighted by Gasteiger charge is -2.12. The topological polar surface area (TPSA) is 21.3 Å². The molecule has 2 aromatic carbocycles. The number of nitrogens with one attached hydrogen (secondary N) is 1. The van der Waals surface area contributed by atoms with Crippen molar-refractivity contribution in [1.29, 1.82) is 0 Å². The van der Waals surface area contributed by atoms with Crippen LogP contribution in [0.1, 0.15) is 24.5 Å². The standard InChI is InChI=1S/C19H23NO/c1-3-7-16(2)20-14-17-10-12-19(13-11-17)21-15-18-8-5-4-6-9-18/h3-6,8-13,16,20H,1,7,14-15H2,2H3. The Morgan fingerprint density at radius 2 is 1.76 bits per heavy atom. The van der Waals surface area contributed by atoms with Crippen molar-refractivity contribution >= 4 is 0 Å². The maximum Gasteiger partial charge on any atom is 0.119 e. The van der Waals surface area contributed by atoms with Gasteiger partial charge in [0.05, 0.1) is 0 Å². The van der Waals surface area contributed by atoms with Gasteiger partial charge < -0.3 is 10.1 Å². The van der Waals surface area contributed by atoms with E-state index in [0.29, 0.717) is 12.6 Å². The smallest absolute Gasteiger partial charge is 0.119 e. The second-order valence-electron chi connectivity index (χ2n) is 5.22. The molecule has 0 aromatic heterocycles. The van der Waals surface area contributed by atoms with E-state index in [1.165, 1.54) is 11.1 Å². The largest absolute Gasteiger partial charge is 0.489 e. The van der Waals surface area contributed by atoms with Crippen LogP contribution in [-0.4, -0.2) is 6.04 Å². The summed E-state index contributed by atoms with van der Waals surface area (Å²) in [5.74, 6) is 0.904. The van der Waals surface area contributed by atoms with Gasteiger partial charge in [0, 0.05) is 12.6 Å². The highest BCUT2D eigenvalue weighted by molar-refractivity contribution is 5.27. The second-order valence-corrected chi connectivity index (χ2v) is 5.22. The molecule has 1 N–H and O–H groups in total. The number of hydrogen-bond donors (Lipinski definition) is 1. The van der Waals surface area contributed by atoms with Gasteiger partial charge in [-0.25, -0.2) is 0 Å². The van der Waals surface area contributed by atoms with Crippen molar-refractivity contribution in [2.24, 2.45) is 0 Å². The van der Waals surface area contributed by atoms with E-state index >= 15 is 0 Å². The van der Waals surface area contributed by atoms with Gasteiger partial charge in [-0.3, -0.25) is 0 Å². The zero-order valence-corrected chi connectivity index (χ0v) is 12.6. The molecular weight excluding hydrogens is 258 g/mol. The fourth-order valence-electron chi connectivity index (χ4n) is 2.07. The molecule has 1 atom stereocenters. The van der Waals surface area contributed by atoms with Crippen molar-refractivity contribution in [3.05, 3.63) is 78.4 Å². The van der Waals surface area contributed by atoms with Crippen molar-refractivity contribution in [2.75, 3.05) is 0 Å². The van der Waals surface area contributed by atoms with Crippen LogP contribution in [0.15, 0.2) is 67.3 Å². The first-order chi connectivity index (χ1) is 10.3. The molecule has 0 aliphatic heterocycles. The van der Waals surface area contributed by atoms with Crippen LogP contribution in [0.2, 0.25) is 0 Å². The van der Waals surface area contributed by atoms with Gasteiger partial charge in [0.1, 0.15) is 12.4 Å². The van der Waals surface area contributed by atoms with Crippen molar-refractivity contribution in [3.63, 3.8) is 0 Å². The van der Waals surface area contributed by atoms with Gasteiger partial charge in [0.25, 0.3) is 0 Å². The van der Waals surface area contributed by atoms with E-state index in [1.54, 1.807) is 0 Å². The third kappa shape index (κ3) is 5.44. The number of benzene rings is 2. The van der Waals surface area contributed by atoms with Crippen molar-refractivity contribution in [1.82, 2.24) is 5.32 Å². The Bertz CT molecular complexity index is 533. The second kappa shape index (κ2) is 8.28. The van der Waals surface area contributed by atoms with Gasteiger partial charge >= 0.3 is 0 Å². The first-order valence-corrected chi connectivity index (χ1v) is 7.38. The molecular formula is C19H23NO. The third-order valence-electron chi connectivity index (χ3n) is 3.35. The van der Waals surface area contributed by atoms with Crippen LogP contribution in [0.4, 0.5) is 0 Å². The third-order valence-corrected chi connectivity index (χ3v) is 3.35. The Morgan fingerprint density at radius 1 is 1.05 bits per heavy atom. The fourth-order valence-corrected chi connectivity index (χ4v) is 2.07. The quantitative estimate of drug-likeness (QED) is 0.728. The SMILES string of the molecule is C=CCC(C)NCc1ccc(OCc2ccccc2)cc1. The Balaban J connectivity index is 1.80. The summed E-state index contributed by atoms with van der Waals surface area (Å²) in [7, 11) is 0. The summed E-state index contributed by atoms with van der Waals surface area (Å²) in [4.78, 5) is 0. The molecule has 0 saturated carbocycles. The molecule has 2 heteroatoms. The van der Waals surface area contributed by atoms with Crippen LogP contribution < -0.4 is 10.1 Å². The lowest BCUT2D eigenvalue weighted by molar-refractivity contribution is 0.306. The Labute approximate surface area is 127 Å². The van der Waals surface area contributed by atoms with E-state index in [4.69, 9.17) is 4.74 Å². The monoisotopic (exact) mass is 281 g/mol. The average Bonchev–Trinajstić information content (AvgIpc) is 2.53. The zero-order chi connectivity index (χ0) is 14.9. The van der Waals surface area contributed by atoms with E-state index in [-0.39, 0.29) is 0 Å². The molecule has 0 heterocycles. The van der Waals surface area contributed by atoms with Gasteiger partial charge in [-0.1, -0.05) is 48.5 Å². The molecule has 0 bridgehead atoms. The highest BCUT2D eigenvalue weighted by Gasteiger charge is 2.00. The molecule has 0 amide bonds. The highest BCUT2D eigenvalue weighted by atomic mass is 16.5. The lowest BCUT2D eigenvalue weighted by atomic mass is 10.2. The summed E-state index contributed by atoms with van der Waals surface area (Å²) in [5, 5.41) is 3.47. The first kappa shape index (κ1) is 15.3. The number of hydrogen-bond acceptors (Lipinski definition) is 2. The fraction of sp³-hybridized carbons (Fsp3) is 0.263. The number of rotatable bonds is 8. The van der Waals surface area contributed by atoms with Crippen LogP contribution >= 0.6 is 0 Å². The van der Waals surface area contributed by atoms with Crippen LogP contribution in [0.3, 0.4) is 0 Å². The molecule has 0 fully saturated rings. The van der Waals surface area contributed by atoms with Crippen molar-refractivity contribution < 1.29 is 4.74 Å². The van der Waals surface area contributed by atoms with E-state index in [9.17, 15) is 0 Å². The van der Waals surface area contributed by atoms with Gasteiger partial charge in [0.15, 0.2) is 0 Å². The summed E-state index contributed by atoms with van der Waals surface area (Å²) in [6, 6.07) is 18.9. The maximum absolute atomic E-state index is 5.78. The summed E-state index contributed by atoms with van der Waals surface area (Å²) in [6.07, 6.45) is 2.93. The van der Waals surface area contributed by atoms with E-state index in [1.807, 2.05) is 36.4 Å². The van der Waals surface area contributed by atoms with Gasteiger partial charge in [-0.2, -0.15) is 0 Å². The minimum Gasteiger partial charge on any atom is -0.489 e. The molecule has 21 heavy (non-hydrogen) atoms. The Morgan fingerprint density at radius 3 is 2.43 bits per heavy atom. The normalized spacial score (nSPS) is 11.9. The van der Waals surface area contributed by atoms with Crippen LogP contribution in [0, 0.1) is 0 Å². The van der Waals surface area contributed by atoms with Crippen molar-refractivity contribution in [3.8, 4) is 5.75 Å². The predicted octanol–water partition coefficient (Wildman–Crippen LogP) is 4.32. The Kier molecular flexibility index (Phi) is 6.04. The van der Waals surface area contributed by atoms with Gasteiger partial charge in [-0.15, -0.1) is 6.58 Å². The van der Waals surface area contributed by atoms with E-state index in [2.05, 4.69) is 43.1 Å². The van der Waals surface area contributed by atoms with Crippen LogP contribution in [-0.2, 0) is 13.2 Å². The molecule has 0 aliphatic carbocycles. The predicted molar refractivity (Wildman–Crippen MR) is 88.3 cm³/mol. The van der Waals surface area contributed by atoms with Crippen LogP contribution in [0.25, 0.3) is 0 Å². The van der Waals surface area contributed by atoms with E-state index < -0.39 is 0 Å². The molecule has 110 valence electrons. The summed E-state index contributed by atoms with van der Waals surface area (Å²) in [6.45, 7) is 7.40. The van der Waals surface area contributed by atoms with Gasteiger partial charge in [-0.05, 0) is 36.6 Å². The minimum absolute atomic E-state index is 0.455.